The third kappa shape index (κ3) is 6.43. The summed E-state index contributed by atoms with van der Waals surface area (Å²) in [4.78, 5) is 15.5. The Bertz CT molecular complexity index is 3170. The van der Waals surface area contributed by atoms with E-state index in [0.717, 1.165) is 94.4 Å². The van der Waals surface area contributed by atoms with Crippen molar-refractivity contribution in [3.05, 3.63) is 212 Å². The molecule has 0 N–H and O–H groups in total. The van der Waals surface area contributed by atoms with Crippen LogP contribution in [0.4, 0.5) is 0 Å². The molecule has 0 fully saturated rings. The van der Waals surface area contributed by atoms with E-state index >= 15 is 0 Å². The zero-order valence-corrected chi connectivity index (χ0v) is 32.0. The molecule has 59 heavy (non-hydrogen) atoms. The monoisotopic (exact) mass is 753 g/mol. The molecule has 0 radical (unpaired) electrons. The third-order valence-electron chi connectivity index (χ3n) is 11.1. The number of rotatable bonds is 7. The average Bonchev–Trinajstić information content (AvgIpc) is 3.72. The number of nitrogens with zero attached hydrogens (tertiary/aromatic N) is 3. The molecule has 11 aromatic rings. The van der Waals surface area contributed by atoms with Crippen LogP contribution >= 0.6 is 0 Å². The fourth-order valence-electron chi connectivity index (χ4n) is 8.06. The van der Waals surface area contributed by atoms with Crippen LogP contribution in [0.3, 0.4) is 0 Å². The molecule has 0 spiro atoms. The second kappa shape index (κ2) is 14.5. The number of hydrogen-bond donors (Lipinski definition) is 0. The van der Waals surface area contributed by atoms with Gasteiger partial charge in [-0.2, -0.15) is 0 Å². The maximum atomic E-state index is 6.59. The summed E-state index contributed by atoms with van der Waals surface area (Å²) in [7, 11) is 0. The highest BCUT2D eigenvalue weighted by Crippen LogP contribution is 2.41. The van der Waals surface area contributed by atoms with Gasteiger partial charge in [-0.05, 0) is 57.6 Å². The highest BCUT2D eigenvalue weighted by Gasteiger charge is 2.18. The van der Waals surface area contributed by atoms with Crippen LogP contribution in [0, 0.1) is 0 Å². The first kappa shape index (κ1) is 34.3. The van der Waals surface area contributed by atoms with Crippen molar-refractivity contribution in [1.82, 2.24) is 15.0 Å². The molecule has 0 aliphatic heterocycles. The van der Waals surface area contributed by atoms with Crippen molar-refractivity contribution in [2.24, 2.45) is 0 Å². The molecule has 0 saturated heterocycles. The third-order valence-corrected chi connectivity index (χ3v) is 11.1. The van der Waals surface area contributed by atoms with Gasteiger partial charge in [-0.25, -0.2) is 15.0 Å². The molecule has 0 atom stereocenters. The van der Waals surface area contributed by atoms with E-state index in [0.29, 0.717) is 5.82 Å². The molecule has 0 aliphatic rings. The van der Waals surface area contributed by atoms with Crippen molar-refractivity contribution in [2.45, 2.75) is 0 Å². The van der Waals surface area contributed by atoms with E-state index in [2.05, 4.69) is 182 Å². The molecule has 0 unspecified atom stereocenters. The summed E-state index contributed by atoms with van der Waals surface area (Å²) in [6, 6.07) is 73.8. The van der Waals surface area contributed by atoms with E-state index < -0.39 is 0 Å². The zero-order chi connectivity index (χ0) is 39.1. The Morgan fingerprint density at radius 3 is 1.32 bits per heavy atom. The number of para-hydroxylation sites is 1. The fraction of sp³-hybridized carbons (Fsp3) is 0. The van der Waals surface area contributed by atoms with E-state index in [9.17, 15) is 0 Å². The Morgan fingerprint density at radius 1 is 0.305 bits per heavy atom. The van der Waals surface area contributed by atoms with Gasteiger partial charge in [-0.1, -0.05) is 188 Å². The van der Waals surface area contributed by atoms with Gasteiger partial charge in [0.15, 0.2) is 5.82 Å². The molecular formula is C55H35N3O. The largest absolute Gasteiger partial charge is 0.455 e. The Kier molecular flexibility index (Phi) is 8.45. The predicted molar refractivity (Wildman–Crippen MR) is 243 cm³/mol. The first-order chi connectivity index (χ1) is 29.2. The van der Waals surface area contributed by atoms with E-state index in [1.54, 1.807) is 0 Å². The van der Waals surface area contributed by atoms with Gasteiger partial charge in [-0.3, -0.25) is 0 Å². The number of hydrogen-bond acceptors (Lipinski definition) is 4. The Labute approximate surface area is 341 Å². The van der Waals surface area contributed by atoms with E-state index in [4.69, 9.17) is 19.4 Å². The minimum atomic E-state index is 0.681. The summed E-state index contributed by atoms with van der Waals surface area (Å²) in [6.07, 6.45) is 0. The lowest BCUT2D eigenvalue weighted by atomic mass is 9.98. The van der Waals surface area contributed by atoms with Crippen molar-refractivity contribution in [2.75, 3.05) is 0 Å². The number of benzene rings is 8. The lowest BCUT2D eigenvalue weighted by Gasteiger charge is -2.12. The lowest BCUT2D eigenvalue weighted by molar-refractivity contribution is 0.672. The molecule has 0 aliphatic carbocycles. The van der Waals surface area contributed by atoms with E-state index in [-0.39, 0.29) is 0 Å². The SMILES string of the molecule is c1ccc(-c2ccc(-c3cc(-c4ccc(-c5ccc6nc(-c7ccccc7)c7c8ccccc8oc7c6c5)cc4)nc(-c4ccc(-c5ccccc5)cc4)n3)cc2)cc1. The summed E-state index contributed by atoms with van der Waals surface area (Å²) in [6.45, 7) is 0. The molecule has 4 heteroatoms. The van der Waals surface area contributed by atoms with Crippen LogP contribution in [0.1, 0.15) is 0 Å². The predicted octanol–water partition coefficient (Wildman–Crippen LogP) is 14.6. The molecule has 276 valence electrons. The van der Waals surface area contributed by atoms with Crippen LogP contribution in [0.25, 0.3) is 111 Å². The molecule has 0 amide bonds. The summed E-state index contributed by atoms with van der Waals surface area (Å²) in [5.41, 5.74) is 16.2. The van der Waals surface area contributed by atoms with Crippen molar-refractivity contribution in [3.8, 4) is 78.5 Å². The molecule has 11 rings (SSSR count). The van der Waals surface area contributed by atoms with Gasteiger partial charge < -0.3 is 4.42 Å². The quantitative estimate of drug-likeness (QED) is 0.163. The molecule has 4 nitrogen and oxygen atoms in total. The topological polar surface area (TPSA) is 51.8 Å². The second-order valence-corrected chi connectivity index (χ2v) is 14.8. The fourth-order valence-corrected chi connectivity index (χ4v) is 8.06. The lowest BCUT2D eigenvalue weighted by Crippen LogP contribution is -1.96. The van der Waals surface area contributed by atoms with Crippen molar-refractivity contribution >= 4 is 32.8 Å². The molecule has 3 aromatic heterocycles. The van der Waals surface area contributed by atoms with Gasteiger partial charge in [0.25, 0.3) is 0 Å². The molecule has 8 aromatic carbocycles. The molecule has 0 bridgehead atoms. The summed E-state index contributed by atoms with van der Waals surface area (Å²) in [5, 5.41) is 3.08. The van der Waals surface area contributed by atoms with Gasteiger partial charge >= 0.3 is 0 Å². The van der Waals surface area contributed by atoms with Gasteiger partial charge in [-0.15, -0.1) is 0 Å². The van der Waals surface area contributed by atoms with Crippen LogP contribution < -0.4 is 0 Å². The van der Waals surface area contributed by atoms with Crippen molar-refractivity contribution in [1.29, 1.82) is 0 Å². The second-order valence-electron chi connectivity index (χ2n) is 14.8. The Morgan fingerprint density at radius 2 is 0.746 bits per heavy atom. The Hall–Kier alpha value is -7.95. The number of fused-ring (bicyclic) bond motifs is 5. The van der Waals surface area contributed by atoms with E-state index in [1.165, 1.54) is 11.1 Å². The summed E-state index contributed by atoms with van der Waals surface area (Å²) < 4.78 is 6.59. The van der Waals surface area contributed by atoms with Crippen LogP contribution in [0.2, 0.25) is 0 Å². The number of pyridine rings is 1. The molecular weight excluding hydrogens is 719 g/mol. The minimum Gasteiger partial charge on any atom is -0.455 e. The standard InChI is InChI=1S/C55H35N3O/c1-4-12-36(13-5-1)38-20-26-41(27-21-38)49-35-50(58-55(57-49)44-30-24-39(25-31-44)37-14-6-2-7-15-37)42-28-22-40(23-29-42)45-32-33-48-47(34-45)54-52(46-18-10-11-19-51(46)59-54)53(56-48)43-16-8-3-9-17-43/h1-35H. The zero-order valence-electron chi connectivity index (χ0n) is 32.0. The number of aromatic nitrogens is 3. The Balaban J connectivity index is 0.984. The first-order valence-corrected chi connectivity index (χ1v) is 19.8. The maximum Gasteiger partial charge on any atom is 0.160 e. The van der Waals surface area contributed by atoms with Crippen LogP contribution in [-0.2, 0) is 0 Å². The van der Waals surface area contributed by atoms with Gasteiger partial charge in [0, 0.05) is 33.0 Å². The van der Waals surface area contributed by atoms with Crippen molar-refractivity contribution in [3.63, 3.8) is 0 Å². The molecule has 3 heterocycles. The average molecular weight is 754 g/mol. The smallest absolute Gasteiger partial charge is 0.160 e. The van der Waals surface area contributed by atoms with Crippen molar-refractivity contribution < 1.29 is 4.42 Å². The van der Waals surface area contributed by atoms with Gasteiger partial charge in [0.1, 0.15) is 11.2 Å². The van der Waals surface area contributed by atoms with Gasteiger partial charge in [0.05, 0.1) is 28.0 Å². The number of furan rings is 1. The van der Waals surface area contributed by atoms with Crippen LogP contribution in [-0.4, -0.2) is 15.0 Å². The summed E-state index contributed by atoms with van der Waals surface area (Å²) >= 11 is 0. The van der Waals surface area contributed by atoms with Gasteiger partial charge in [0.2, 0.25) is 0 Å². The highest BCUT2D eigenvalue weighted by atomic mass is 16.3. The minimum absolute atomic E-state index is 0.681. The normalized spacial score (nSPS) is 11.4. The van der Waals surface area contributed by atoms with E-state index in [1.807, 2.05) is 30.3 Å². The highest BCUT2D eigenvalue weighted by molar-refractivity contribution is 6.19. The summed E-state index contributed by atoms with van der Waals surface area (Å²) in [5.74, 6) is 0.681. The van der Waals surface area contributed by atoms with Crippen LogP contribution in [0.5, 0.6) is 0 Å². The molecule has 0 saturated carbocycles. The first-order valence-electron chi connectivity index (χ1n) is 19.8. The maximum absolute atomic E-state index is 6.59. The van der Waals surface area contributed by atoms with Crippen LogP contribution in [0.15, 0.2) is 217 Å².